The molecule has 0 aromatic heterocycles. The normalized spacial score (nSPS) is 41.5. The van der Waals surface area contributed by atoms with Gasteiger partial charge in [-0.15, -0.1) is 0 Å². The monoisotopic (exact) mass is 218 g/mol. The maximum absolute atomic E-state index is 10.9. The van der Waals surface area contributed by atoms with E-state index in [1.54, 1.807) is 6.92 Å². The average Bonchev–Trinajstić information content (AvgIpc) is 2.18. The predicted molar refractivity (Wildman–Crippen MR) is 52.3 cm³/mol. The van der Waals surface area contributed by atoms with E-state index in [-0.39, 0.29) is 12.5 Å². The molecule has 2 unspecified atom stereocenters. The lowest BCUT2D eigenvalue weighted by molar-refractivity contribution is -0.198. The zero-order chi connectivity index (χ0) is 11.6. The number of aliphatic carboxylic acids is 1. The van der Waals surface area contributed by atoms with Gasteiger partial charge < -0.3 is 20.1 Å². The summed E-state index contributed by atoms with van der Waals surface area (Å²) in [6.07, 6.45) is -1.69. The smallest absolute Gasteiger partial charge is 0.333 e. The highest BCUT2D eigenvalue weighted by Gasteiger charge is 2.44. The molecule has 1 aliphatic heterocycles. The van der Waals surface area contributed by atoms with Crippen LogP contribution in [0.2, 0.25) is 0 Å². The first-order valence-corrected chi connectivity index (χ1v) is 5.20. The number of aliphatic hydroxyl groups is 2. The standard InChI is InChI=1S/C10H18O5/c1-3-7-8(12)6(4-11)5(2)9(15-7)10(13)14/h5-9,11-12H,3-4H2,1-2H3,(H,13,14)/t5?,6?,7-,8-,9-/m0/s1. The second-order valence-corrected chi connectivity index (χ2v) is 4.04. The van der Waals surface area contributed by atoms with Gasteiger partial charge in [0.1, 0.15) is 0 Å². The van der Waals surface area contributed by atoms with E-state index < -0.39 is 30.2 Å². The van der Waals surface area contributed by atoms with Crippen molar-refractivity contribution in [2.75, 3.05) is 6.61 Å². The molecule has 0 aliphatic carbocycles. The van der Waals surface area contributed by atoms with Crippen molar-refractivity contribution in [3.8, 4) is 0 Å². The average molecular weight is 218 g/mol. The van der Waals surface area contributed by atoms with Crippen LogP contribution in [-0.4, -0.2) is 46.2 Å². The Morgan fingerprint density at radius 2 is 2.07 bits per heavy atom. The quantitative estimate of drug-likeness (QED) is 0.613. The number of carboxylic acids is 1. The number of hydrogen-bond donors (Lipinski definition) is 3. The van der Waals surface area contributed by atoms with Crippen molar-refractivity contribution < 1.29 is 24.9 Å². The Balaban J connectivity index is 2.84. The van der Waals surface area contributed by atoms with Crippen LogP contribution >= 0.6 is 0 Å². The van der Waals surface area contributed by atoms with Crippen molar-refractivity contribution in [2.24, 2.45) is 11.8 Å². The van der Waals surface area contributed by atoms with Gasteiger partial charge in [-0.3, -0.25) is 0 Å². The zero-order valence-corrected chi connectivity index (χ0v) is 8.96. The largest absolute Gasteiger partial charge is 0.479 e. The van der Waals surface area contributed by atoms with Crippen molar-refractivity contribution in [1.29, 1.82) is 0 Å². The Morgan fingerprint density at radius 3 is 2.47 bits per heavy atom. The molecule has 1 aliphatic rings. The first-order valence-electron chi connectivity index (χ1n) is 5.20. The molecule has 3 N–H and O–H groups in total. The first-order chi connectivity index (χ1) is 7.02. The predicted octanol–water partition coefficient (Wildman–Crippen LogP) is -0.146. The maximum atomic E-state index is 10.9. The Labute approximate surface area is 88.7 Å². The number of carboxylic acid groups (broad SMARTS) is 1. The highest BCUT2D eigenvalue weighted by molar-refractivity contribution is 5.72. The van der Waals surface area contributed by atoms with Crippen molar-refractivity contribution in [2.45, 2.75) is 38.6 Å². The summed E-state index contributed by atoms with van der Waals surface area (Å²) in [5.74, 6) is -1.85. The molecule has 0 spiro atoms. The van der Waals surface area contributed by atoms with Gasteiger partial charge >= 0.3 is 5.97 Å². The van der Waals surface area contributed by atoms with Crippen molar-refractivity contribution >= 4 is 5.97 Å². The van der Waals surface area contributed by atoms with Gasteiger partial charge in [-0.05, 0) is 6.42 Å². The Morgan fingerprint density at radius 1 is 1.47 bits per heavy atom. The van der Waals surface area contributed by atoms with Crippen LogP contribution in [0.1, 0.15) is 20.3 Å². The van der Waals surface area contributed by atoms with E-state index in [0.29, 0.717) is 6.42 Å². The van der Waals surface area contributed by atoms with E-state index in [2.05, 4.69) is 0 Å². The third kappa shape index (κ3) is 2.30. The molecular weight excluding hydrogens is 200 g/mol. The van der Waals surface area contributed by atoms with Crippen molar-refractivity contribution in [1.82, 2.24) is 0 Å². The molecule has 5 heteroatoms. The van der Waals surface area contributed by atoms with Gasteiger partial charge in [0.2, 0.25) is 0 Å². The number of ether oxygens (including phenoxy) is 1. The fraction of sp³-hybridized carbons (Fsp3) is 0.900. The number of hydrogen-bond acceptors (Lipinski definition) is 4. The number of rotatable bonds is 3. The summed E-state index contributed by atoms with van der Waals surface area (Å²) >= 11 is 0. The molecule has 0 amide bonds. The summed E-state index contributed by atoms with van der Waals surface area (Å²) in [7, 11) is 0. The lowest BCUT2D eigenvalue weighted by atomic mass is 9.80. The second-order valence-electron chi connectivity index (χ2n) is 4.04. The molecule has 0 radical (unpaired) electrons. The molecule has 88 valence electrons. The zero-order valence-electron chi connectivity index (χ0n) is 8.96. The highest BCUT2D eigenvalue weighted by Crippen LogP contribution is 2.32. The lowest BCUT2D eigenvalue weighted by Crippen LogP contribution is -2.53. The highest BCUT2D eigenvalue weighted by atomic mass is 16.5. The van der Waals surface area contributed by atoms with E-state index >= 15 is 0 Å². The second kappa shape index (κ2) is 4.92. The molecule has 5 nitrogen and oxygen atoms in total. The van der Waals surface area contributed by atoms with Crippen LogP contribution in [0, 0.1) is 11.8 Å². The molecule has 1 rings (SSSR count). The summed E-state index contributed by atoms with van der Waals surface area (Å²) in [5.41, 5.74) is 0. The van der Waals surface area contributed by atoms with Gasteiger partial charge in [0.25, 0.3) is 0 Å². The first kappa shape index (κ1) is 12.4. The minimum Gasteiger partial charge on any atom is -0.479 e. The van der Waals surface area contributed by atoms with E-state index in [4.69, 9.17) is 14.9 Å². The van der Waals surface area contributed by atoms with Crippen LogP contribution < -0.4 is 0 Å². The van der Waals surface area contributed by atoms with Crippen LogP contribution in [0.5, 0.6) is 0 Å². The van der Waals surface area contributed by atoms with Gasteiger partial charge in [0.05, 0.1) is 12.2 Å². The Bertz CT molecular complexity index is 230. The van der Waals surface area contributed by atoms with E-state index in [9.17, 15) is 9.90 Å². The molecule has 1 fully saturated rings. The molecule has 5 atom stereocenters. The molecule has 1 heterocycles. The van der Waals surface area contributed by atoms with E-state index in [1.165, 1.54) is 0 Å². The van der Waals surface area contributed by atoms with Gasteiger partial charge in [0, 0.05) is 18.4 Å². The van der Waals surface area contributed by atoms with Crippen LogP contribution in [0.4, 0.5) is 0 Å². The van der Waals surface area contributed by atoms with Gasteiger partial charge in [-0.1, -0.05) is 13.8 Å². The number of aliphatic hydroxyl groups excluding tert-OH is 2. The fourth-order valence-electron chi connectivity index (χ4n) is 2.10. The molecule has 0 saturated carbocycles. The molecule has 0 aromatic rings. The maximum Gasteiger partial charge on any atom is 0.333 e. The third-order valence-electron chi connectivity index (χ3n) is 3.15. The fourth-order valence-corrected chi connectivity index (χ4v) is 2.10. The van der Waals surface area contributed by atoms with Crippen LogP contribution in [0.3, 0.4) is 0 Å². The summed E-state index contributed by atoms with van der Waals surface area (Å²) in [5, 5.41) is 27.9. The minimum atomic E-state index is -1.04. The van der Waals surface area contributed by atoms with Gasteiger partial charge in [-0.2, -0.15) is 0 Å². The van der Waals surface area contributed by atoms with Crippen LogP contribution in [-0.2, 0) is 9.53 Å². The number of carbonyl (C=O) groups is 1. The Kier molecular flexibility index (Phi) is 4.07. The summed E-state index contributed by atoms with van der Waals surface area (Å²) < 4.78 is 5.29. The van der Waals surface area contributed by atoms with E-state index in [1.807, 2.05) is 6.92 Å². The van der Waals surface area contributed by atoms with Crippen molar-refractivity contribution in [3.63, 3.8) is 0 Å². The van der Waals surface area contributed by atoms with E-state index in [0.717, 1.165) is 0 Å². The lowest BCUT2D eigenvalue weighted by Gasteiger charge is -2.41. The molecule has 0 aromatic carbocycles. The molecule has 15 heavy (non-hydrogen) atoms. The Hall–Kier alpha value is -0.650. The summed E-state index contributed by atoms with van der Waals surface area (Å²) in [6, 6.07) is 0. The minimum absolute atomic E-state index is 0.216. The SMILES string of the molecule is CC[C@@H]1O[C@H](C(=O)O)C(C)C(CO)[C@@H]1O. The third-order valence-corrected chi connectivity index (χ3v) is 3.15. The summed E-state index contributed by atoms with van der Waals surface area (Å²) in [6.45, 7) is 3.28. The summed E-state index contributed by atoms with van der Waals surface area (Å²) in [4.78, 5) is 10.9. The van der Waals surface area contributed by atoms with Crippen LogP contribution in [0.15, 0.2) is 0 Å². The van der Waals surface area contributed by atoms with Crippen LogP contribution in [0.25, 0.3) is 0 Å². The molecular formula is C10H18O5. The van der Waals surface area contributed by atoms with Gasteiger partial charge in [-0.25, -0.2) is 4.79 Å². The molecule has 0 bridgehead atoms. The molecule has 1 saturated heterocycles. The van der Waals surface area contributed by atoms with Crippen molar-refractivity contribution in [3.05, 3.63) is 0 Å². The van der Waals surface area contributed by atoms with Gasteiger partial charge in [0.15, 0.2) is 6.10 Å². The topological polar surface area (TPSA) is 87.0 Å².